The highest BCUT2D eigenvalue weighted by atomic mass is 32.1. The summed E-state index contributed by atoms with van der Waals surface area (Å²) in [6.07, 6.45) is 1.37. The molecule has 0 saturated heterocycles. The molecular formula is C20H23N3O6S. The molecule has 10 heteroatoms. The average molecular weight is 433 g/mol. The van der Waals surface area contributed by atoms with Gasteiger partial charge in [-0.1, -0.05) is 0 Å². The molecular weight excluding hydrogens is 410 g/mol. The van der Waals surface area contributed by atoms with E-state index in [9.17, 15) is 19.5 Å². The van der Waals surface area contributed by atoms with Gasteiger partial charge >= 0.3 is 12.0 Å². The maximum atomic E-state index is 12.3. The van der Waals surface area contributed by atoms with Crippen molar-refractivity contribution in [3.8, 4) is 11.5 Å². The van der Waals surface area contributed by atoms with Gasteiger partial charge < -0.3 is 14.6 Å². The number of ether oxygens (including phenoxy) is 2. The summed E-state index contributed by atoms with van der Waals surface area (Å²) < 4.78 is 10.3. The summed E-state index contributed by atoms with van der Waals surface area (Å²) in [5, 5.41) is 16.3. The highest BCUT2D eigenvalue weighted by molar-refractivity contribution is 7.18. The first-order valence-electron chi connectivity index (χ1n) is 9.15. The minimum Gasteiger partial charge on any atom is -0.504 e. The molecule has 0 unspecified atom stereocenters. The topological polar surface area (TPSA) is 126 Å². The third kappa shape index (κ3) is 5.57. The van der Waals surface area contributed by atoms with Crippen LogP contribution in [0.2, 0.25) is 0 Å². The van der Waals surface area contributed by atoms with E-state index in [-0.39, 0.29) is 28.7 Å². The zero-order valence-electron chi connectivity index (χ0n) is 17.1. The fraction of sp³-hybridized carbons (Fsp3) is 0.300. The first-order chi connectivity index (χ1) is 14.3. The van der Waals surface area contributed by atoms with E-state index in [2.05, 4.69) is 15.8 Å². The van der Waals surface area contributed by atoms with Gasteiger partial charge in [-0.25, -0.2) is 15.0 Å². The lowest BCUT2D eigenvalue weighted by atomic mass is 10.1. The van der Waals surface area contributed by atoms with E-state index in [4.69, 9.17) is 9.47 Å². The Morgan fingerprint density at radius 1 is 1.23 bits per heavy atom. The van der Waals surface area contributed by atoms with Crippen molar-refractivity contribution in [3.05, 3.63) is 39.8 Å². The molecule has 0 spiro atoms. The Balaban J connectivity index is 2.13. The van der Waals surface area contributed by atoms with E-state index in [0.29, 0.717) is 28.4 Å². The number of benzene rings is 1. The van der Waals surface area contributed by atoms with Crippen molar-refractivity contribution in [2.24, 2.45) is 5.10 Å². The quantitative estimate of drug-likeness (QED) is 0.252. The van der Waals surface area contributed by atoms with Crippen LogP contribution in [0.25, 0.3) is 0 Å². The van der Waals surface area contributed by atoms with Crippen LogP contribution in [0.5, 0.6) is 11.5 Å². The van der Waals surface area contributed by atoms with Gasteiger partial charge in [-0.2, -0.15) is 5.10 Å². The molecule has 1 heterocycles. The van der Waals surface area contributed by atoms with E-state index in [1.54, 1.807) is 32.9 Å². The van der Waals surface area contributed by atoms with Gasteiger partial charge in [0.05, 0.1) is 29.9 Å². The summed E-state index contributed by atoms with van der Waals surface area (Å²) >= 11 is 0.997. The lowest BCUT2D eigenvalue weighted by Crippen LogP contribution is -2.24. The van der Waals surface area contributed by atoms with E-state index in [1.807, 2.05) is 0 Å². The number of amides is 2. The fourth-order valence-electron chi connectivity index (χ4n) is 2.57. The number of anilines is 1. The number of hydrogen-bond acceptors (Lipinski definition) is 8. The van der Waals surface area contributed by atoms with Crippen LogP contribution in [0.15, 0.2) is 23.3 Å². The number of aromatic hydroxyl groups is 1. The van der Waals surface area contributed by atoms with E-state index < -0.39 is 12.0 Å². The first kappa shape index (κ1) is 22.9. The molecule has 3 N–H and O–H groups in total. The summed E-state index contributed by atoms with van der Waals surface area (Å²) in [5.41, 5.74) is 3.48. The Kier molecular flexibility index (Phi) is 7.93. The van der Waals surface area contributed by atoms with Crippen LogP contribution in [0.4, 0.5) is 9.80 Å². The summed E-state index contributed by atoms with van der Waals surface area (Å²) in [5.74, 6) is -0.534. The number of ketones is 1. The number of carbonyl (C=O) groups is 3. The molecule has 0 bridgehead atoms. The monoisotopic (exact) mass is 433 g/mol. The van der Waals surface area contributed by atoms with Gasteiger partial charge in [-0.15, -0.1) is 11.3 Å². The van der Waals surface area contributed by atoms with Crippen LogP contribution in [0.1, 0.15) is 51.9 Å². The second kappa shape index (κ2) is 10.4. The molecule has 2 aromatic rings. The zero-order chi connectivity index (χ0) is 22.3. The number of nitrogens with one attached hydrogen (secondary N) is 2. The van der Waals surface area contributed by atoms with Gasteiger partial charge in [0, 0.05) is 0 Å². The van der Waals surface area contributed by atoms with Crippen molar-refractivity contribution in [2.45, 2.75) is 27.7 Å². The molecule has 0 saturated carbocycles. The smallest absolute Gasteiger partial charge is 0.341 e. The molecule has 2 rings (SSSR count). The predicted octanol–water partition coefficient (Wildman–Crippen LogP) is 3.70. The van der Waals surface area contributed by atoms with Gasteiger partial charge in [-0.3, -0.25) is 10.1 Å². The Hall–Kier alpha value is -3.40. The van der Waals surface area contributed by atoms with E-state index >= 15 is 0 Å². The van der Waals surface area contributed by atoms with Crippen molar-refractivity contribution in [2.75, 3.05) is 18.5 Å². The molecule has 2 amide bonds. The maximum absolute atomic E-state index is 12.3. The SMILES string of the molecule is CCOC(=O)c1c(NC(=O)N/N=C/c2ccc(O)c(OCC)c2)sc(C(C)=O)c1C. The standard InChI is InChI=1S/C20H23N3O6S/c1-5-28-15-9-13(7-8-14(15)25)10-21-23-20(27)22-18-16(19(26)29-6-2)11(3)17(30-18)12(4)24/h7-10,25H,5-6H2,1-4H3,(H2,22,23,27)/b21-10+. The van der Waals surface area contributed by atoms with Gasteiger partial charge in [0.2, 0.25) is 0 Å². The van der Waals surface area contributed by atoms with Crippen LogP contribution in [0, 0.1) is 6.92 Å². The minimum absolute atomic E-state index is 0.000498. The number of thiophene rings is 1. The third-order valence-electron chi connectivity index (χ3n) is 3.84. The van der Waals surface area contributed by atoms with Crippen LogP contribution < -0.4 is 15.5 Å². The highest BCUT2D eigenvalue weighted by Gasteiger charge is 2.25. The van der Waals surface area contributed by atoms with E-state index in [0.717, 1.165) is 11.3 Å². The summed E-state index contributed by atoms with van der Waals surface area (Å²) in [7, 11) is 0. The Labute approximate surface area is 177 Å². The van der Waals surface area contributed by atoms with Crippen LogP contribution in [-0.4, -0.2) is 42.3 Å². The number of nitrogens with zero attached hydrogens (tertiary/aromatic N) is 1. The molecule has 0 aliphatic rings. The average Bonchev–Trinajstić information content (AvgIpc) is 3.01. The Morgan fingerprint density at radius 2 is 1.97 bits per heavy atom. The van der Waals surface area contributed by atoms with Crippen LogP contribution >= 0.6 is 11.3 Å². The number of carbonyl (C=O) groups excluding carboxylic acids is 3. The molecule has 30 heavy (non-hydrogen) atoms. The summed E-state index contributed by atoms with van der Waals surface area (Å²) in [6, 6.07) is 3.93. The van der Waals surface area contributed by atoms with Gasteiger partial charge in [-0.05, 0) is 57.0 Å². The number of urea groups is 1. The first-order valence-corrected chi connectivity index (χ1v) is 9.97. The number of phenols is 1. The van der Waals surface area contributed by atoms with Crippen LogP contribution in [-0.2, 0) is 4.74 Å². The zero-order valence-corrected chi connectivity index (χ0v) is 17.9. The fourth-order valence-corrected chi connectivity index (χ4v) is 3.65. The van der Waals surface area contributed by atoms with Crippen molar-refractivity contribution >= 4 is 40.3 Å². The van der Waals surface area contributed by atoms with Crippen molar-refractivity contribution in [1.82, 2.24) is 5.43 Å². The normalized spacial score (nSPS) is 10.7. The number of hydrazone groups is 1. The molecule has 9 nitrogen and oxygen atoms in total. The maximum Gasteiger partial charge on any atom is 0.341 e. The van der Waals surface area contributed by atoms with Crippen molar-refractivity contribution in [3.63, 3.8) is 0 Å². The Morgan fingerprint density at radius 3 is 2.60 bits per heavy atom. The van der Waals surface area contributed by atoms with Gasteiger partial charge in [0.15, 0.2) is 17.3 Å². The summed E-state index contributed by atoms with van der Waals surface area (Å²) in [4.78, 5) is 36.6. The highest BCUT2D eigenvalue weighted by Crippen LogP contribution is 2.34. The molecule has 0 radical (unpaired) electrons. The lowest BCUT2D eigenvalue weighted by Gasteiger charge is -2.07. The predicted molar refractivity (Wildman–Crippen MR) is 114 cm³/mol. The second-order valence-corrected chi connectivity index (χ2v) is 7.04. The third-order valence-corrected chi connectivity index (χ3v) is 5.14. The molecule has 0 atom stereocenters. The molecule has 0 aliphatic carbocycles. The molecule has 1 aromatic heterocycles. The molecule has 0 aliphatic heterocycles. The number of esters is 1. The lowest BCUT2D eigenvalue weighted by molar-refractivity contribution is 0.0527. The van der Waals surface area contributed by atoms with Crippen molar-refractivity contribution in [1.29, 1.82) is 0 Å². The molecule has 1 aromatic carbocycles. The number of phenolic OH excluding ortho intramolecular Hbond substituents is 1. The van der Waals surface area contributed by atoms with E-state index in [1.165, 1.54) is 19.2 Å². The minimum atomic E-state index is -0.697. The van der Waals surface area contributed by atoms with Crippen LogP contribution in [0.3, 0.4) is 0 Å². The summed E-state index contributed by atoms with van der Waals surface area (Å²) in [6.45, 7) is 7.02. The molecule has 0 fully saturated rings. The molecule has 160 valence electrons. The number of rotatable bonds is 8. The van der Waals surface area contributed by atoms with Gasteiger partial charge in [0.1, 0.15) is 5.00 Å². The Bertz CT molecular complexity index is 983. The van der Waals surface area contributed by atoms with Gasteiger partial charge in [0.25, 0.3) is 0 Å². The second-order valence-electron chi connectivity index (χ2n) is 6.02. The number of hydrogen-bond donors (Lipinski definition) is 3. The number of Topliss-reactive ketones (excluding diaryl/α,β-unsaturated/α-hetero) is 1. The largest absolute Gasteiger partial charge is 0.504 e. The van der Waals surface area contributed by atoms with Crippen molar-refractivity contribution < 1.29 is 29.0 Å².